The molecule has 1 saturated heterocycles. The zero-order valence-corrected chi connectivity index (χ0v) is 16.3. The fraction of sp³-hybridized carbons (Fsp3) is 0.400. The quantitative estimate of drug-likeness (QED) is 0.582. The summed E-state index contributed by atoms with van der Waals surface area (Å²) < 4.78 is 0. The standard InChI is InChI=1S/C20H22ClN3O4/c1-23(12-17(25)22-14-8-6-13(21)7-9-14)18(26)10-11-24-19(27)15-4-2-3-5-16(15)20(24)28/h2-3,6-9,15-16H,4-5,10-12H2,1H3,(H,22,25)/t15-,16-/m0/s1. The van der Waals surface area contributed by atoms with Gasteiger partial charge in [-0.05, 0) is 37.1 Å². The number of nitrogens with zero attached hydrogens (tertiary/aromatic N) is 2. The minimum atomic E-state index is -0.344. The van der Waals surface area contributed by atoms with E-state index in [4.69, 9.17) is 11.6 Å². The molecular weight excluding hydrogens is 382 g/mol. The number of halogens is 1. The van der Waals surface area contributed by atoms with Crippen molar-refractivity contribution in [3.8, 4) is 0 Å². The molecule has 1 heterocycles. The number of nitrogens with one attached hydrogen (secondary N) is 1. The lowest BCUT2D eigenvalue weighted by molar-refractivity contribution is -0.141. The summed E-state index contributed by atoms with van der Waals surface area (Å²) in [6, 6.07) is 6.65. The smallest absolute Gasteiger partial charge is 0.243 e. The van der Waals surface area contributed by atoms with Crippen LogP contribution in [0.3, 0.4) is 0 Å². The normalized spacial score (nSPS) is 20.9. The average molecular weight is 404 g/mol. The van der Waals surface area contributed by atoms with Gasteiger partial charge in [0.05, 0.1) is 18.4 Å². The van der Waals surface area contributed by atoms with Crippen LogP contribution >= 0.6 is 11.6 Å². The molecule has 2 atom stereocenters. The first-order valence-corrected chi connectivity index (χ1v) is 9.54. The van der Waals surface area contributed by atoms with E-state index in [1.165, 1.54) is 16.8 Å². The van der Waals surface area contributed by atoms with Crippen molar-refractivity contribution in [2.45, 2.75) is 19.3 Å². The highest BCUT2D eigenvalue weighted by Crippen LogP contribution is 2.35. The Morgan fingerprint density at radius 1 is 1.11 bits per heavy atom. The summed E-state index contributed by atoms with van der Waals surface area (Å²) in [7, 11) is 1.51. The maximum atomic E-state index is 12.4. The zero-order valence-electron chi connectivity index (χ0n) is 15.6. The van der Waals surface area contributed by atoms with Crippen LogP contribution in [-0.2, 0) is 19.2 Å². The van der Waals surface area contributed by atoms with Crippen LogP contribution in [0, 0.1) is 11.8 Å². The Bertz CT molecular complexity index is 795. The molecule has 8 heteroatoms. The summed E-state index contributed by atoms with van der Waals surface area (Å²) in [6.07, 6.45) is 4.99. The summed E-state index contributed by atoms with van der Waals surface area (Å²) >= 11 is 5.80. The number of benzene rings is 1. The van der Waals surface area contributed by atoms with Gasteiger partial charge in [0.1, 0.15) is 0 Å². The Balaban J connectivity index is 1.48. The largest absolute Gasteiger partial charge is 0.336 e. The van der Waals surface area contributed by atoms with Crippen LogP contribution in [0.5, 0.6) is 0 Å². The molecule has 7 nitrogen and oxygen atoms in total. The summed E-state index contributed by atoms with van der Waals surface area (Å²) in [5.74, 6) is -1.64. The Labute approximate surface area is 168 Å². The van der Waals surface area contributed by atoms with Crippen LogP contribution in [0.2, 0.25) is 5.02 Å². The number of fused-ring (bicyclic) bond motifs is 1. The lowest BCUT2D eigenvalue weighted by atomic mass is 9.85. The third-order valence-electron chi connectivity index (χ3n) is 5.08. The van der Waals surface area contributed by atoms with E-state index in [-0.39, 0.29) is 55.0 Å². The van der Waals surface area contributed by atoms with Gasteiger partial charge in [-0.2, -0.15) is 0 Å². The number of amides is 4. The van der Waals surface area contributed by atoms with E-state index in [2.05, 4.69) is 5.32 Å². The molecule has 4 amide bonds. The average Bonchev–Trinajstić information content (AvgIpc) is 2.92. The van der Waals surface area contributed by atoms with E-state index in [0.717, 1.165) is 0 Å². The fourth-order valence-corrected chi connectivity index (χ4v) is 3.65. The number of hydrogen-bond donors (Lipinski definition) is 1. The molecule has 0 radical (unpaired) electrons. The highest BCUT2D eigenvalue weighted by Gasteiger charge is 2.46. The topological polar surface area (TPSA) is 86.8 Å². The molecule has 0 unspecified atom stereocenters. The van der Waals surface area contributed by atoms with Crippen molar-refractivity contribution >= 4 is 40.9 Å². The van der Waals surface area contributed by atoms with Gasteiger partial charge in [0, 0.05) is 30.7 Å². The number of anilines is 1. The number of imide groups is 1. The third kappa shape index (κ3) is 4.42. The predicted molar refractivity (Wildman–Crippen MR) is 104 cm³/mol. The van der Waals surface area contributed by atoms with Crippen molar-refractivity contribution < 1.29 is 19.2 Å². The van der Waals surface area contributed by atoms with Gasteiger partial charge in [-0.1, -0.05) is 23.8 Å². The van der Waals surface area contributed by atoms with Gasteiger partial charge in [-0.3, -0.25) is 24.1 Å². The first-order valence-electron chi connectivity index (χ1n) is 9.16. The Morgan fingerprint density at radius 3 is 2.25 bits per heavy atom. The number of carbonyl (C=O) groups is 4. The van der Waals surface area contributed by atoms with Gasteiger partial charge in [0.2, 0.25) is 23.6 Å². The molecule has 2 aliphatic rings. The van der Waals surface area contributed by atoms with E-state index in [0.29, 0.717) is 23.6 Å². The van der Waals surface area contributed by atoms with E-state index in [1.54, 1.807) is 24.3 Å². The summed E-state index contributed by atoms with van der Waals surface area (Å²) in [6.45, 7) is -0.0782. The minimum absolute atomic E-state index is 0.00489. The zero-order chi connectivity index (χ0) is 20.3. The molecule has 1 aromatic rings. The van der Waals surface area contributed by atoms with Crippen LogP contribution in [-0.4, -0.2) is 53.6 Å². The van der Waals surface area contributed by atoms with Crippen LogP contribution in [0.25, 0.3) is 0 Å². The Morgan fingerprint density at radius 2 is 1.68 bits per heavy atom. The van der Waals surface area contributed by atoms with Crippen molar-refractivity contribution in [3.63, 3.8) is 0 Å². The molecule has 1 aromatic carbocycles. The molecule has 28 heavy (non-hydrogen) atoms. The van der Waals surface area contributed by atoms with E-state index >= 15 is 0 Å². The molecule has 1 aliphatic heterocycles. The van der Waals surface area contributed by atoms with Gasteiger partial charge >= 0.3 is 0 Å². The number of allylic oxidation sites excluding steroid dienone is 2. The monoisotopic (exact) mass is 403 g/mol. The minimum Gasteiger partial charge on any atom is -0.336 e. The van der Waals surface area contributed by atoms with Crippen molar-refractivity contribution in [1.82, 2.24) is 9.80 Å². The molecule has 0 bridgehead atoms. The summed E-state index contributed by atoms with van der Waals surface area (Å²) in [5.41, 5.74) is 0.583. The Kier molecular flexibility index (Phi) is 6.14. The molecule has 1 fully saturated rings. The van der Waals surface area contributed by atoms with Crippen LogP contribution in [0.1, 0.15) is 19.3 Å². The number of hydrogen-bond acceptors (Lipinski definition) is 4. The summed E-state index contributed by atoms with van der Waals surface area (Å²) in [4.78, 5) is 51.7. The molecular formula is C20H22ClN3O4. The van der Waals surface area contributed by atoms with Crippen molar-refractivity contribution in [3.05, 3.63) is 41.4 Å². The second kappa shape index (κ2) is 8.56. The van der Waals surface area contributed by atoms with Crippen LogP contribution in [0.4, 0.5) is 5.69 Å². The highest BCUT2D eigenvalue weighted by molar-refractivity contribution is 6.30. The second-order valence-corrected chi connectivity index (χ2v) is 7.48. The maximum absolute atomic E-state index is 12.4. The Hall–Kier alpha value is -2.67. The first kappa shape index (κ1) is 20.1. The second-order valence-electron chi connectivity index (χ2n) is 7.04. The van der Waals surface area contributed by atoms with E-state index < -0.39 is 0 Å². The number of likely N-dealkylation sites (N-methyl/N-ethyl adjacent to an activating group) is 1. The highest BCUT2D eigenvalue weighted by atomic mass is 35.5. The fourth-order valence-electron chi connectivity index (χ4n) is 3.53. The van der Waals surface area contributed by atoms with Crippen molar-refractivity contribution in [2.24, 2.45) is 11.8 Å². The van der Waals surface area contributed by atoms with Crippen LogP contribution in [0.15, 0.2) is 36.4 Å². The van der Waals surface area contributed by atoms with E-state index in [9.17, 15) is 19.2 Å². The molecule has 148 valence electrons. The first-order chi connectivity index (χ1) is 13.4. The SMILES string of the molecule is CN(CC(=O)Nc1ccc(Cl)cc1)C(=O)CCN1C(=O)[C@H]2CC=CC[C@@H]2C1=O. The van der Waals surface area contributed by atoms with E-state index in [1.807, 2.05) is 12.2 Å². The van der Waals surface area contributed by atoms with Crippen LogP contribution < -0.4 is 5.32 Å². The van der Waals surface area contributed by atoms with Gasteiger partial charge in [0.25, 0.3) is 0 Å². The number of likely N-dealkylation sites (tertiary alicyclic amines) is 1. The molecule has 1 aliphatic carbocycles. The van der Waals surface area contributed by atoms with Gasteiger partial charge < -0.3 is 10.2 Å². The van der Waals surface area contributed by atoms with Crippen molar-refractivity contribution in [2.75, 3.05) is 25.5 Å². The predicted octanol–water partition coefficient (Wildman–Crippen LogP) is 2.08. The molecule has 0 aromatic heterocycles. The van der Waals surface area contributed by atoms with Crippen molar-refractivity contribution in [1.29, 1.82) is 0 Å². The molecule has 0 saturated carbocycles. The lowest BCUT2D eigenvalue weighted by Gasteiger charge is -2.19. The van der Waals surface area contributed by atoms with Gasteiger partial charge in [0.15, 0.2) is 0 Å². The summed E-state index contributed by atoms with van der Waals surface area (Å²) in [5, 5.41) is 3.24. The number of carbonyl (C=O) groups excluding carboxylic acids is 4. The maximum Gasteiger partial charge on any atom is 0.243 e. The third-order valence-corrected chi connectivity index (χ3v) is 5.33. The molecule has 0 spiro atoms. The number of rotatable bonds is 6. The molecule has 1 N–H and O–H groups in total. The van der Waals surface area contributed by atoms with Gasteiger partial charge in [-0.15, -0.1) is 0 Å². The molecule has 3 rings (SSSR count). The van der Waals surface area contributed by atoms with Gasteiger partial charge in [-0.25, -0.2) is 0 Å². The lowest BCUT2D eigenvalue weighted by Crippen LogP contribution is -2.38.